The highest BCUT2D eigenvalue weighted by atomic mass is 32.2. The predicted octanol–water partition coefficient (Wildman–Crippen LogP) is 3.42. The van der Waals surface area contributed by atoms with E-state index in [-0.39, 0.29) is 21.8 Å². The molecule has 0 heterocycles. The van der Waals surface area contributed by atoms with Crippen molar-refractivity contribution in [3.63, 3.8) is 0 Å². The number of ether oxygens (including phenoxy) is 1. The summed E-state index contributed by atoms with van der Waals surface area (Å²) in [5, 5.41) is 0. The van der Waals surface area contributed by atoms with E-state index in [9.17, 15) is 13.2 Å². The number of aryl methyl sites for hydroxylation is 1. The van der Waals surface area contributed by atoms with Gasteiger partial charge in [-0.1, -0.05) is 19.1 Å². The van der Waals surface area contributed by atoms with Crippen LogP contribution in [-0.2, 0) is 21.1 Å². The number of hydrogen-bond acceptors (Lipinski definition) is 5. The van der Waals surface area contributed by atoms with Gasteiger partial charge in [-0.3, -0.25) is 4.79 Å². The van der Waals surface area contributed by atoms with E-state index in [4.69, 9.17) is 10.5 Å². The molecule has 0 radical (unpaired) electrons. The summed E-state index contributed by atoms with van der Waals surface area (Å²) in [6.45, 7) is 5.52. The van der Waals surface area contributed by atoms with Gasteiger partial charge in [0.05, 0.1) is 9.79 Å². The van der Waals surface area contributed by atoms with E-state index in [1.165, 1.54) is 18.2 Å². The lowest BCUT2D eigenvalue weighted by molar-refractivity contribution is -0.134. The third-order valence-corrected chi connectivity index (χ3v) is 5.69. The molecule has 1 atom stereocenters. The van der Waals surface area contributed by atoms with Crippen molar-refractivity contribution in [1.29, 1.82) is 0 Å². The van der Waals surface area contributed by atoms with Crippen molar-refractivity contribution in [3.8, 4) is 5.75 Å². The van der Waals surface area contributed by atoms with Gasteiger partial charge in [-0.2, -0.15) is 0 Å². The average molecular weight is 375 g/mol. The number of nitrogens with two attached hydrogens (primary N) is 1. The van der Waals surface area contributed by atoms with E-state index < -0.39 is 9.84 Å². The Kier molecular flexibility index (Phi) is 6.56. The lowest BCUT2D eigenvalue weighted by Crippen LogP contribution is -2.17. The van der Waals surface area contributed by atoms with Gasteiger partial charge < -0.3 is 10.5 Å². The molecular formula is C20H25NO4S. The molecule has 2 N–H and O–H groups in total. The predicted molar refractivity (Wildman–Crippen MR) is 101 cm³/mol. The van der Waals surface area contributed by atoms with Crippen LogP contribution in [0.1, 0.15) is 37.8 Å². The first-order chi connectivity index (χ1) is 12.2. The number of carbonyl (C=O) groups is 1. The van der Waals surface area contributed by atoms with Gasteiger partial charge in [-0.25, -0.2) is 8.42 Å². The maximum absolute atomic E-state index is 12.8. The summed E-state index contributed by atoms with van der Waals surface area (Å²) in [6.07, 6.45) is 1.72. The smallest absolute Gasteiger partial charge is 0.311 e. The summed E-state index contributed by atoms with van der Waals surface area (Å²) in [6, 6.07) is 11.3. The third kappa shape index (κ3) is 4.93. The molecule has 2 aromatic rings. The van der Waals surface area contributed by atoms with Crippen molar-refractivity contribution in [1.82, 2.24) is 0 Å². The summed E-state index contributed by atoms with van der Waals surface area (Å²) in [5.74, 6) is 0.0607. The van der Waals surface area contributed by atoms with Crippen molar-refractivity contribution >= 4 is 15.8 Å². The number of hydrogen-bond donors (Lipinski definition) is 1. The Morgan fingerprint density at radius 3 is 2.27 bits per heavy atom. The fraction of sp³-hybridized carbons (Fsp3) is 0.350. The second-order valence-corrected chi connectivity index (χ2v) is 8.43. The minimum absolute atomic E-state index is 0.0167. The third-order valence-electron chi connectivity index (χ3n) is 3.93. The van der Waals surface area contributed by atoms with Crippen LogP contribution >= 0.6 is 0 Å². The van der Waals surface area contributed by atoms with E-state index in [2.05, 4.69) is 0 Å². The maximum Gasteiger partial charge on any atom is 0.311 e. The van der Waals surface area contributed by atoms with E-state index in [0.29, 0.717) is 30.6 Å². The number of carbonyl (C=O) groups excluding carboxylic acids is 1. The average Bonchev–Trinajstić information content (AvgIpc) is 2.57. The Bertz CT molecular complexity index is 871. The Morgan fingerprint density at radius 1 is 1.12 bits per heavy atom. The van der Waals surface area contributed by atoms with Crippen LogP contribution in [-0.4, -0.2) is 20.4 Å². The van der Waals surface area contributed by atoms with Gasteiger partial charge in [0.2, 0.25) is 9.84 Å². The van der Waals surface area contributed by atoms with Crippen LogP contribution in [0.25, 0.3) is 0 Å². The van der Waals surface area contributed by atoms with E-state index in [0.717, 1.165) is 5.56 Å². The standard InChI is InChI=1S/C20H25NO4S/c1-4-5-20(22)25-19-11-10-18(12-14(19)2)26(23,24)17-8-6-16(7-9-17)13-15(3)21/h6-12,15H,4-5,13,21H2,1-3H3. The summed E-state index contributed by atoms with van der Waals surface area (Å²) >= 11 is 0. The van der Waals surface area contributed by atoms with Crippen molar-refractivity contribution < 1.29 is 17.9 Å². The van der Waals surface area contributed by atoms with Gasteiger partial charge in [0.15, 0.2) is 0 Å². The second kappa shape index (κ2) is 8.47. The topological polar surface area (TPSA) is 86.5 Å². The summed E-state index contributed by atoms with van der Waals surface area (Å²) in [5.41, 5.74) is 7.36. The molecule has 5 nitrogen and oxygen atoms in total. The van der Waals surface area contributed by atoms with Crippen LogP contribution in [0.5, 0.6) is 5.75 Å². The molecule has 1 unspecified atom stereocenters. The maximum atomic E-state index is 12.8. The number of benzene rings is 2. The Hall–Kier alpha value is -2.18. The molecule has 0 bridgehead atoms. The highest BCUT2D eigenvalue weighted by Crippen LogP contribution is 2.27. The van der Waals surface area contributed by atoms with Crippen LogP contribution in [0.3, 0.4) is 0 Å². The zero-order chi connectivity index (χ0) is 19.3. The molecule has 0 saturated carbocycles. The van der Waals surface area contributed by atoms with E-state index in [1.54, 1.807) is 31.2 Å². The normalized spacial score (nSPS) is 12.6. The SMILES string of the molecule is CCCC(=O)Oc1ccc(S(=O)(=O)c2ccc(CC(C)N)cc2)cc1C. The Labute approximate surface area is 155 Å². The van der Waals surface area contributed by atoms with Crippen LogP contribution < -0.4 is 10.5 Å². The minimum Gasteiger partial charge on any atom is -0.426 e. The van der Waals surface area contributed by atoms with Gasteiger partial charge in [-0.05, 0) is 68.1 Å². The molecule has 0 fully saturated rings. The quantitative estimate of drug-likeness (QED) is 0.592. The summed E-state index contributed by atoms with van der Waals surface area (Å²) < 4.78 is 30.9. The molecule has 0 amide bonds. The van der Waals surface area contributed by atoms with Crippen LogP contribution in [0.2, 0.25) is 0 Å². The number of rotatable bonds is 7. The fourth-order valence-electron chi connectivity index (χ4n) is 2.59. The molecular weight excluding hydrogens is 350 g/mol. The molecule has 2 aromatic carbocycles. The van der Waals surface area contributed by atoms with Crippen LogP contribution in [0.4, 0.5) is 0 Å². The molecule has 6 heteroatoms. The highest BCUT2D eigenvalue weighted by molar-refractivity contribution is 7.91. The van der Waals surface area contributed by atoms with Crippen molar-refractivity contribution in [2.24, 2.45) is 5.73 Å². The Morgan fingerprint density at radius 2 is 1.73 bits per heavy atom. The summed E-state index contributed by atoms with van der Waals surface area (Å²) in [4.78, 5) is 12.0. The number of sulfone groups is 1. The van der Waals surface area contributed by atoms with Gasteiger partial charge in [0.25, 0.3) is 0 Å². The molecule has 0 aliphatic carbocycles. The molecule has 140 valence electrons. The zero-order valence-electron chi connectivity index (χ0n) is 15.4. The van der Waals surface area contributed by atoms with Crippen LogP contribution in [0, 0.1) is 6.92 Å². The van der Waals surface area contributed by atoms with Crippen LogP contribution in [0.15, 0.2) is 52.3 Å². The first-order valence-electron chi connectivity index (χ1n) is 8.65. The van der Waals surface area contributed by atoms with Crippen molar-refractivity contribution in [3.05, 3.63) is 53.6 Å². The van der Waals surface area contributed by atoms with E-state index in [1.807, 2.05) is 13.8 Å². The van der Waals surface area contributed by atoms with E-state index >= 15 is 0 Å². The lowest BCUT2D eigenvalue weighted by Gasteiger charge is -2.11. The lowest BCUT2D eigenvalue weighted by atomic mass is 10.1. The monoisotopic (exact) mass is 375 g/mol. The number of esters is 1. The molecule has 0 aliphatic rings. The van der Waals surface area contributed by atoms with Gasteiger partial charge >= 0.3 is 5.97 Å². The minimum atomic E-state index is -3.63. The summed E-state index contributed by atoms with van der Waals surface area (Å²) in [7, 11) is -3.63. The second-order valence-electron chi connectivity index (χ2n) is 6.48. The molecule has 0 aromatic heterocycles. The largest absolute Gasteiger partial charge is 0.426 e. The van der Waals surface area contributed by atoms with Crippen molar-refractivity contribution in [2.75, 3.05) is 0 Å². The van der Waals surface area contributed by atoms with Crippen molar-refractivity contribution in [2.45, 2.75) is 55.9 Å². The van der Waals surface area contributed by atoms with Gasteiger partial charge in [0, 0.05) is 12.5 Å². The first-order valence-corrected chi connectivity index (χ1v) is 10.1. The highest BCUT2D eigenvalue weighted by Gasteiger charge is 2.19. The molecule has 26 heavy (non-hydrogen) atoms. The molecule has 2 rings (SSSR count). The van der Waals surface area contributed by atoms with Gasteiger partial charge in [0.1, 0.15) is 5.75 Å². The first kappa shape index (κ1) is 20.1. The Balaban J connectivity index is 2.26. The van der Waals surface area contributed by atoms with Gasteiger partial charge in [-0.15, -0.1) is 0 Å². The molecule has 0 saturated heterocycles. The zero-order valence-corrected chi connectivity index (χ0v) is 16.2. The fourth-order valence-corrected chi connectivity index (χ4v) is 3.94. The molecule has 0 spiro atoms. The molecule has 0 aliphatic heterocycles.